The van der Waals surface area contributed by atoms with Crippen molar-refractivity contribution < 1.29 is 0 Å². The summed E-state index contributed by atoms with van der Waals surface area (Å²) in [6, 6.07) is 2.75. The smallest absolute Gasteiger partial charge is 0.0627 e. The molecular weight excluding hydrogens is 222 g/mol. The highest BCUT2D eigenvalue weighted by molar-refractivity contribution is 5.01. The molecule has 3 nitrogen and oxygen atoms in total. The second-order valence-corrected chi connectivity index (χ2v) is 5.04. The fraction of sp³-hybridized carbons (Fsp3) is 0.800. The molecule has 0 saturated carbocycles. The maximum atomic E-state index is 4.74. The topological polar surface area (TPSA) is 29.9 Å². The van der Waals surface area contributed by atoms with E-state index in [9.17, 15) is 0 Å². The monoisotopic (exact) mass is 251 g/mol. The molecule has 0 fully saturated rings. The van der Waals surface area contributed by atoms with Crippen LogP contribution in [-0.4, -0.2) is 22.9 Å². The van der Waals surface area contributed by atoms with E-state index in [-0.39, 0.29) is 0 Å². The average molecular weight is 251 g/mol. The minimum absolute atomic E-state index is 0.563. The Labute approximate surface area is 112 Å². The third-order valence-corrected chi connectivity index (χ3v) is 3.74. The Morgan fingerprint density at radius 3 is 2.44 bits per heavy atom. The first-order valence-corrected chi connectivity index (χ1v) is 7.49. The summed E-state index contributed by atoms with van der Waals surface area (Å²) in [6.07, 6.45) is 6.77. The summed E-state index contributed by atoms with van der Waals surface area (Å²) in [6.45, 7) is 11.0. The van der Waals surface area contributed by atoms with Crippen molar-refractivity contribution in [1.29, 1.82) is 0 Å². The van der Waals surface area contributed by atoms with Crippen LogP contribution in [0.15, 0.2) is 12.3 Å². The van der Waals surface area contributed by atoms with Crippen molar-refractivity contribution in [2.45, 2.75) is 59.4 Å². The third kappa shape index (κ3) is 4.45. The molecule has 0 aromatic carbocycles. The largest absolute Gasteiger partial charge is 0.317 e. The molecule has 1 aromatic rings. The molecule has 0 aliphatic heterocycles. The van der Waals surface area contributed by atoms with Gasteiger partial charge in [0, 0.05) is 6.20 Å². The van der Waals surface area contributed by atoms with Crippen LogP contribution in [0.2, 0.25) is 0 Å². The third-order valence-electron chi connectivity index (χ3n) is 3.74. The number of nitrogens with zero attached hydrogens (tertiary/aromatic N) is 2. The van der Waals surface area contributed by atoms with E-state index < -0.39 is 0 Å². The molecule has 1 rings (SSSR count). The molecule has 0 aliphatic carbocycles. The summed E-state index contributed by atoms with van der Waals surface area (Å²) in [7, 11) is 0. The first kappa shape index (κ1) is 15.2. The van der Waals surface area contributed by atoms with E-state index in [1.807, 2.05) is 0 Å². The van der Waals surface area contributed by atoms with E-state index >= 15 is 0 Å². The quantitative estimate of drug-likeness (QED) is 0.729. The normalized spacial score (nSPS) is 13.2. The van der Waals surface area contributed by atoms with E-state index in [1.54, 1.807) is 0 Å². The van der Waals surface area contributed by atoms with Crippen molar-refractivity contribution in [2.24, 2.45) is 5.92 Å². The number of hydrogen-bond acceptors (Lipinski definition) is 2. The molecule has 0 bridgehead atoms. The minimum Gasteiger partial charge on any atom is -0.317 e. The van der Waals surface area contributed by atoms with E-state index in [1.165, 1.54) is 12.1 Å². The van der Waals surface area contributed by atoms with Crippen LogP contribution < -0.4 is 5.32 Å². The van der Waals surface area contributed by atoms with Gasteiger partial charge in [0.2, 0.25) is 0 Å². The van der Waals surface area contributed by atoms with Crippen LogP contribution in [0.5, 0.6) is 0 Å². The lowest BCUT2D eigenvalue weighted by atomic mass is 10.0. The van der Waals surface area contributed by atoms with Crippen LogP contribution >= 0.6 is 0 Å². The zero-order valence-electron chi connectivity index (χ0n) is 12.4. The molecule has 1 atom stereocenters. The molecule has 0 aliphatic rings. The zero-order chi connectivity index (χ0) is 13.4. The fourth-order valence-corrected chi connectivity index (χ4v) is 2.36. The summed E-state index contributed by atoms with van der Waals surface area (Å²) in [5, 5.41) is 8.17. The van der Waals surface area contributed by atoms with Gasteiger partial charge >= 0.3 is 0 Å². The Morgan fingerprint density at radius 1 is 1.17 bits per heavy atom. The van der Waals surface area contributed by atoms with Gasteiger partial charge in [-0.15, -0.1) is 0 Å². The van der Waals surface area contributed by atoms with Crippen LogP contribution in [0.4, 0.5) is 0 Å². The average Bonchev–Trinajstić information content (AvgIpc) is 2.84. The molecule has 1 aromatic heterocycles. The Balaban J connectivity index is 2.56. The summed E-state index contributed by atoms with van der Waals surface area (Å²) < 4.78 is 2.15. The second-order valence-electron chi connectivity index (χ2n) is 5.04. The molecule has 0 spiro atoms. The number of aromatic nitrogens is 2. The van der Waals surface area contributed by atoms with Crippen LogP contribution in [0.1, 0.15) is 58.7 Å². The standard InChI is InChI=1S/C15H29N3/c1-5-13(12-16-8-4)11-14-9-10-18(17-14)15(6-2)7-3/h9-10,13,15-16H,5-8,11-12H2,1-4H3. The van der Waals surface area contributed by atoms with Gasteiger partial charge in [0.05, 0.1) is 11.7 Å². The first-order valence-electron chi connectivity index (χ1n) is 7.49. The van der Waals surface area contributed by atoms with Crippen LogP contribution in [-0.2, 0) is 6.42 Å². The van der Waals surface area contributed by atoms with E-state index in [0.717, 1.165) is 32.4 Å². The predicted octanol–water partition coefficient (Wildman–Crippen LogP) is 3.42. The molecule has 1 unspecified atom stereocenters. The highest BCUT2D eigenvalue weighted by Gasteiger charge is 2.11. The summed E-state index contributed by atoms with van der Waals surface area (Å²) >= 11 is 0. The molecule has 1 N–H and O–H groups in total. The molecule has 18 heavy (non-hydrogen) atoms. The van der Waals surface area contributed by atoms with Gasteiger partial charge in [-0.25, -0.2) is 0 Å². The van der Waals surface area contributed by atoms with Gasteiger partial charge in [-0.2, -0.15) is 5.10 Å². The first-order chi connectivity index (χ1) is 8.74. The number of hydrogen-bond donors (Lipinski definition) is 1. The van der Waals surface area contributed by atoms with Gasteiger partial charge < -0.3 is 5.32 Å². The molecule has 104 valence electrons. The van der Waals surface area contributed by atoms with Crippen molar-refractivity contribution in [3.8, 4) is 0 Å². The highest BCUT2D eigenvalue weighted by Crippen LogP contribution is 2.16. The van der Waals surface area contributed by atoms with Crippen molar-refractivity contribution >= 4 is 0 Å². The Bertz CT molecular complexity index is 315. The fourth-order valence-electron chi connectivity index (χ4n) is 2.36. The minimum atomic E-state index is 0.563. The Morgan fingerprint density at radius 2 is 1.89 bits per heavy atom. The van der Waals surface area contributed by atoms with Crippen LogP contribution in [0.25, 0.3) is 0 Å². The van der Waals surface area contributed by atoms with Gasteiger partial charge in [0.1, 0.15) is 0 Å². The van der Waals surface area contributed by atoms with Gasteiger partial charge in [0.15, 0.2) is 0 Å². The zero-order valence-corrected chi connectivity index (χ0v) is 12.4. The van der Waals surface area contributed by atoms with Crippen LogP contribution in [0, 0.1) is 5.92 Å². The lowest BCUT2D eigenvalue weighted by molar-refractivity contribution is 0.416. The second kappa shape index (κ2) is 8.30. The maximum absolute atomic E-state index is 4.74. The van der Waals surface area contributed by atoms with Gasteiger partial charge in [-0.3, -0.25) is 4.68 Å². The van der Waals surface area contributed by atoms with Gasteiger partial charge in [-0.05, 0) is 44.3 Å². The van der Waals surface area contributed by atoms with E-state index in [0.29, 0.717) is 12.0 Å². The Hall–Kier alpha value is -0.830. The molecule has 1 heterocycles. The van der Waals surface area contributed by atoms with E-state index in [2.05, 4.69) is 50.0 Å². The number of nitrogens with one attached hydrogen (secondary N) is 1. The number of rotatable bonds is 9. The maximum Gasteiger partial charge on any atom is 0.0627 e. The molecular formula is C15H29N3. The van der Waals surface area contributed by atoms with Crippen molar-refractivity contribution in [1.82, 2.24) is 15.1 Å². The van der Waals surface area contributed by atoms with Gasteiger partial charge in [-0.1, -0.05) is 34.1 Å². The molecule has 0 amide bonds. The lowest BCUT2D eigenvalue weighted by Gasteiger charge is -2.14. The summed E-state index contributed by atoms with van der Waals surface area (Å²) in [5.74, 6) is 0.704. The van der Waals surface area contributed by atoms with Crippen LogP contribution in [0.3, 0.4) is 0 Å². The summed E-state index contributed by atoms with van der Waals surface area (Å²) in [5.41, 5.74) is 1.24. The Kier molecular flexibility index (Phi) is 7.02. The van der Waals surface area contributed by atoms with Crippen molar-refractivity contribution in [2.75, 3.05) is 13.1 Å². The van der Waals surface area contributed by atoms with Crippen molar-refractivity contribution in [3.63, 3.8) is 0 Å². The van der Waals surface area contributed by atoms with E-state index in [4.69, 9.17) is 5.10 Å². The van der Waals surface area contributed by atoms with Crippen molar-refractivity contribution in [3.05, 3.63) is 18.0 Å². The molecule has 3 heteroatoms. The molecule has 0 radical (unpaired) electrons. The predicted molar refractivity (Wildman–Crippen MR) is 77.9 cm³/mol. The lowest BCUT2D eigenvalue weighted by Crippen LogP contribution is -2.23. The van der Waals surface area contributed by atoms with Gasteiger partial charge in [0.25, 0.3) is 0 Å². The summed E-state index contributed by atoms with van der Waals surface area (Å²) in [4.78, 5) is 0. The highest BCUT2D eigenvalue weighted by atomic mass is 15.3. The molecule has 0 saturated heterocycles. The SMILES string of the molecule is CCNCC(CC)Cc1ccn(C(CC)CC)n1.